The second kappa shape index (κ2) is 6.38. The molecule has 1 unspecified atom stereocenters. The highest BCUT2D eigenvalue weighted by Gasteiger charge is 2.18. The Labute approximate surface area is 117 Å². The number of anilines is 1. The molecule has 106 valence electrons. The van der Waals surface area contributed by atoms with E-state index in [2.05, 4.69) is 61.2 Å². The highest BCUT2D eigenvalue weighted by atomic mass is 15.2. The van der Waals surface area contributed by atoms with E-state index >= 15 is 0 Å². The molecule has 1 saturated heterocycles. The summed E-state index contributed by atoms with van der Waals surface area (Å²) >= 11 is 0. The Hall–Kier alpha value is -1.09. The minimum absolute atomic E-state index is 0.478. The molecule has 2 rings (SSSR count). The Morgan fingerprint density at radius 1 is 1.16 bits per heavy atom. The number of nitrogens with one attached hydrogen (secondary N) is 1. The predicted octanol–water partition coefficient (Wildman–Crippen LogP) is 3.52. The molecular formula is C16H27N3. The van der Waals surface area contributed by atoms with Gasteiger partial charge in [0.05, 0.1) is 0 Å². The van der Waals surface area contributed by atoms with Gasteiger partial charge < -0.3 is 10.2 Å². The summed E-state index contributed by atoms with van der Waals surface area (Å²) in [5, 5.41) is 3.58. The van der Waals surface area contributed by atoms with Crippen LogP contribution in [0.1, 0.15) is 58.6 Å². The van der Waals surface area contributed by atoms with Crippen LogP contribution in [0.4, 0.5) is 5.82 Å². The van der Waals surface area contributed by atoms with Gasteiger partial charge in [0.2, 0.25) is 0 Å². The number of hydrogen-bond donors (Lipinski definition) is 1. The van der Waals surface area contributed by atoms with Gasteiger partial charge in [0, 0.05) is 24.3 Å². The minimum atomic E-state index is 0.478. The van der Waals surface area contributed by atoms with Crippen molar-refractivity contribution in [3.8, 4) is 0 Å². The average Bonchev–Trinajstić information content (AvgIpc) is 2.40. The lowest BCUT2D eigenvalue weighted by Gasteiger charge is -2.32. The summed E-state index contributed by atoms with van der Waals surface area (Å²) in [5.41, 5.74) is 1.33. The molecule has 0 aromatic carbocycles. The van der Waals surface area contributed by atoms with Gasteiger partial charge >= 0.3 is 0 Å². The summed E-state index contributed by atoms with van der Waals surface area (Å²) < 4.78 is 0. The van der Waals surface area contributed by atoms with E-state index < -0.39 is 0 Å². The summed E-state index contributed by atoms with van der Waals surface area (Å²) in [4.78, 5) is 7.04. The standard InChI is InChI=1S/C16H27N3/c1-12(2)19(13(3)4)16-9-8-14(11-18-16)15-7-5-6-10-17-15/h8-9,11-13,15,17H,5-7,10H2,1-4H3. The zero-order valence-corrected chi connectivity index (χ0v) is 12.7. The van der Waals surface area contributed by atoms with Crippen LogP contribution in [-0.4, -0.2) is 23.6 Å². The van der Waals surface area contributed by atoms with Crippen molar-refractivity contribution < 1.29 is 0 Å². The van der Waals surface area contributed by atoms with Gasteiger partial charge in [-0.3, -0.25) is 0 Å². The first-order valence-electron chi connectivity index (χ1n) is 7.57. The molecule has 1 aliphatic rings. The lowest BCUT2D eigenvalue weighted by molar-refractivity contribution is 0.411. The lowest BCUT2D eigenvalue weighted by atomic mass is 9.99. The average molecular weight is 261 g/mol. The van der Waals surface area contributed by atoms with Crippen molar-refractivity contribution in [1.82, 2.24) is 10.3 Å². The summed E-state index contributed by atoms with van der Waals surface area (Å²) in [6, 6.07) is 5.87. The Balaban J connectivity index is 2.12. The van der Waals surface area contributed by atoms with Gasteiger partial charge in [0.15, 0.2) is 0 Å². The molecule has 3 nitrogen and oxygen atoms in total. The first-order valence-corrected chi connectivity index (χ1v) is 7.57. The minimum Gasteiger partial charge on any atom is -0.352 e. The number of pyridine rings is 1. The molecule has 0 radical (unpaired) electrons. The maximum Gasteiger partial charge on any atom is 0.128 e. The molecule has 1 fully saturated rings. The van der Waals surface area contributed by atoms with Crippen LogP contribution in [0.5, 0.6) is 0 Å². The van der Waals surface area contributed by atoms with Crippen LogP contribution >= 0.6 is 0 Å². The maximum absolute atomic E-state index is 4.68. The highest BCUT2D eigenvalue weighted by Crippen LogP contribution is 2.24. The lowest BCUT2D eigenvalue weighted by Crippen LogP contribution is -2.37. The molecule has 0 amide bonds. The van der Waals surface area contributed by atoms with Crippen molar-refractivity contribution in [3.05, 3.63) is 23.9 Å². The quantitative estimate of drug-likeness (QED) is 0.899. The molecule has 0 aliphatic carbocycles. The van der Waals surface area contributed by atoms with Crippen molar-refractivity contribution in [2.75, 3.05) is 11.4 Å². The van der Waals surface area contributed by atoms with E-state index in [0.29, 0.717) is 18.1 Å². The smallest absolute Gasteiger partial charge is 0.128 e. The topological polar surface area (TPSA) is 28.2 Å². The van der Waals surface area contributed by atoms with Gasteiger partial charge in [-0.05, 0) is 58.7 Å². The van der Waals surface area contributed by atoms with Gasteiger partial charge in [-0.2, -0.15) is 0 Å². The van der Waals surface area contributed by atoms with Crippen LogP contribution in [-0.2, 0) is 0 Å². The molecule has 1 aliphatic heterocycles. The zero-order chi connectivity index (χ0) is 13.8. The van der Waals surface area contributed by atoms with E-state index in [1.54, 1.807) is 0 Å². The molecule has 1 atom stereocenters. The predicted molar refractivity (Wildman–Crippen MR) is 81.6 cm³/mol. The van der Waals surface area contributed by atoms with E-state index in [-0.39, 0.29) is 0 Å². The van der Waals surface area contributed by atoms with Crippen LogP contribution < -0.4 is 10.2 Å². The molecule has 0 spiro atoms. The molecule has 0 saturated carbocycles. The van der Waals surface area contributed by atoms with E-state index in [0.717, 1.165) is 12.4 Å². The summed E-state index contributed by atoms with van der Waals surface area (Å²) in [6.45, 7) is 10.0. The number of rotatable bonds is 4. The van der Waals surface area contributed by atoms with Crippen molar-refractivity contribution in [1.29, 1.82) is 0 Å². The molecule has 1 aromatic rings. The van der Waals surface area contributed by atoms with E-state index in [1.165, 1.54) is 24.8 Å². The van der Waals surface area contributed by atoms with E-state index in [1.807, 2.05) is 0 Å². The number of hydrogen-bond acceptors (Lipinski definition) is 3. The molecule has 3 heteroatoms. The van der Waals surface area contributed by atoms with Crippen molar-refractivity contribution in [2.45, 2.75) is 65.1 Å². The zero-order valence-electron chi connectivity index (χ0n) is 12.7. The fourth-order valence-electron chi connectivity index (χ4n) is 3.02. The third kappa shape index (κ3) is 3.47. The molecule has 1 aromatic heterocycles. The highest BCUT2D eigenvalue weighted by molar-refractivity contribution is 5.41. The summed E-state index contributed by atoms with van der Waals surface area (Å²) in [7, 11) is 0. The van der Waals surface area contributed by atoms with Gasteiger partial charge in [-0.1, -0.05) is 12.5 Å². The Bertz CT molecular complexity index is 369. The van der Waals surface area contributed by atoms with E-state index in [9.17, 15) is 0 Å². The maximum atomic E-state index is 4.68. The molecule has 19 heavy (non-hydrogen) atoms. The van der Waals surface area contributed by atoms with Crippen molar-refractivity contribution in [3.63, 3.8) is 0 Å². The van der Waals surface area contributed by atoms with Crippen LogP contribution in [0.15, 0.2) is 18.3 Å². The first-order chi connectivity index (χ1) is 9.09. The van der Waals surface area contributed by atoms with Gasteiger partial charge in [0.25, 0.3) is 0 Å². The number of piperidine rings is 1. The molecule has 1 N–H and O–H groups in total. The van der Waals surface area contributed by atoms with Crippen molar-refractivity contribution >= 4 is 5.82 Å². The van der Waals surface area contributed by atoms with Crippen LogP contribution in [0.25, 0.3) is 0 Å². The van der Waals surface area contributed by atoms with Crippen LogP contribution in [0.3, 0.4) is 0 Å². The second-order valence-corrected chi connectivity index (χ2v) is 6.05. The summed E-state index contributed by atoms with van der Waals surface area (Å²) in [6.07, 6.45) is 5.91. The number of nitrogens with zero attached hydrogens (tertiary/aromatic N) is 2. The van der Waals surface area contributed by atoms with Crippen LogP contribution in [0, 0.1) is 0 Å². The monoisotopic (exact) mass is 261 g/mol. The normalized spacial score (nSPS) is 20.0. The fourth-order valence-corrected chi connectivity index (χ4v) is 3.02. The Morgan fingerprint density at radius 2 is 1.89 bits per heavy atom. The Morgan fingerprint density at radius 3 is 2.37 bits per heavy atom. The molecule has 2 heterocycles. The second-order valence-electron chi connectivity index (χ2n) is 6.05. The number of aromatic nitrogens is 1. The SMILES string of the molecule is CC(C)N(c1ccc(C2CCCCN2)cn1)C(C)C. The Kier molecular flexibility index (Phi) is 4.81. The van der Waals surface area contributed by atoms with Crippen molar-refractivity contribution in [2.24, 2.45) is 0 Å². The third-order valence-corrected chi connectivity index (χ3v) is 3.86. The largest absolute Gasteiger partial charge is 0.352 e. The van der Waals surface area contributed by atoms with Crippen LogP contribution in [0.2, 0.25) is 0 Å². The third-order valence-electron chi connectivity index (χ3n) is 3.86. The first kappa shape index (κ1) is 14.3. The van der Waals surface area contributed by atoms with Gasteiger partial charge in [-0.25, -0.2) is 4.98 Å². The van der Waals surface area contributed by atoms with Gasteiger partial charge in [-0.15, -0.1) is 0 Å². The molecular weight excluding hydrogens is 234 g/mol. The van der Waals surface area contributed by atoms with Gasteiger partial charge in [0.1, 0.15) is 5.82 Å². The molecule has 0 bridgehead atoms. The summed E-state index contributed by atoms with van der Waals surface area (Å²) in [5.74, 6) is 1.09. The van der Waals surface area contributed by atoms with E-state index in [4.69, 9.17) is 0 Å². The fraction of sp³-hybridized carbons (Fsp3) is 0.688.